The molecule has 0 unspecified atom stereocenters. The normalized spacial score (nSPS) is 11.9. The molecule has 1 heterocycles. The van der Waals surface area contributed by atoms with E-state index in [0.29, 0.717) is 0 Å². The highest BCUT2D eigenvalue weighted by Gasteiger charge is 2.38. The number of alkyl halides is 5. The number of ether oxygens (including phenoxy) is 1. The fourth-order valence-electron chi connectivity index (χ4n) is 0.789. The Kier molecular flexibility index (Phi) is 3.84. The highest BCUT2D eigenvalue weighted by atomic mass is 35.5. The summed E-state index contributed by atoms with van der Waals surface area (Å²) in [4.78, 5) is 6.08. The molecular formula is C7H4ClF5N2O. The molecule has 0 aliphatic heterocycles. The molecule has 0 amide bonds. The molecular weight excluding hydrogens is 259 g/mol. The minimum atomic E-state index is -4.87. The van der Waals surface area contributed by atoms with Gasteiger partial charge in [0.1, 0.15) is 5.15 Å². The molecule has 1 rings (SSSR count). The van der Waals surface area contributed by atoms with Gasteiger partial charge in [-0.15, -0.1) is 0 Å². The molecule has 1 aromatic heterocycles. The number of nitrogens with zero attached hydrogens (tertiary/aromatic N) is 2. The molecule has 0 radical (unpaired) electrons. The lowest BCUT2D eigenvalue weighted by molar-refractivity contribution is -0.143. The van der Waals surface area contributed by atoms with Gasteiger partial charge in [-0.3, -0.25) is 0 Å². The van der Waals surface area contributed by atoms with Gasteiger partial charge in [0.2, 0.25) is 11.6 Å². The lowest BCUT2D eigenvalue weighted by atomic mass is 10.4. The van der Waals surface area contributed by atoms with Gasteiger partial charge in [0.05, 0.1) is 6.20 Å². The van der Waals surface area contributed by atoms with Crippen LogP contribution in [0.25, 0.3) is 0 Å². The van der Waals surface area contributed by atoms with Crippen LogP contribution in [0.15, 0.2) is 6.20 Å². The van der Waals surface area contributed by atoms with Crippen LogP contribution >= 0.6 is 11.6 Å². The van der Waals surface area contributed by atoms with Crippen molar-refractivity contribution in [1.29, 1.82) is 0 Å². The molecule has 0 saturated heterocycles. The van der Waals surface area contributed by atoms with Gasteiger partial charge in [0.25, 0.3) is 6.43 Å². The van der Waals surface area contributed by atoms with Crippen molar-refractivity contribution in [1.82, 2.24) is 9.97 Å². The maximum absolute atomic E-state index is 12.3. The second kappa shape index (κ2) is 4.77. The molecule has 3 nitrogen and oxygen atoms in total. The molecule has 0 fully saturated rings. The van der Waals surface area contributed by atoms with Gasteiger partial charge in [-0.25, -0.2) is 18.7 Å². The maximum atomic E-state index is 12.3. The number of rotatable bonds is 3. The smallest absolute Gasteiger partial charge is 0.438 e. The van der Waals surface area contributed by atoms with Crippen LogP contribution in [0.4, 0.5) is 22.0 Å². The van der Waals surface area contributed by atoms with E-state index in [-0.39, 0.29) is 0 Å². The second-order valence-electron chi connectivity index (χ2n) is 2.55. The highest BCUT2D eigenvalue weighted by molar-refractivity contribution is 6.29. The zero-order valence-electron chi connectivity index (χ0n) is 7.43. The third-order valence-electron chi connectivity index (χ3n) is 1.32. The Bertz CT molecular complexity index is 370. The molecule has 9 heteroatoms. The summed E-state index contributed by atoms with van der Waals surface area (Å²) < 4.78 is 64.6. The Labute approximate surface area is 91.2 Å². The zero-order chi connectivity index (χ0) is 12.3. The van der Waals surface area contributed by atoms with Gasteiger partial charge >= 0.3 is 6.18 Å². The molecule has 0 aliphatic carbocycles. The average Bonchev–Trinajstić information content (AvgIpc) is 2.14. The summed E-state index contributed by atoms with van der Waals surface area (Å²) in [5, 5.41) is -0.503. The van der Waals surface area contributed by atoms with E-state index in [2.05, 4.69) is 14.7 Å². The van der Waals surface area contributed by atoms with Crippen molar-refractivity contribution in [2.45, 2.75) is 12.6 Å². The van der Waals surface area contributed by atoms with Crippen LogP contribution in [0.3, 0.4) is 0 Å². The summed E-state index contributed by atoms with van der Waals surface area (Å²) in [6.07, 6.45) is -6.99. The molecule has 16 heavy (non-hydrogen) atoms. The number of hydrogen-bond donors (Lipinski definition) is 0. The van der Waals surface area contributed by atoms with Crippen LogP contribution in [0.1, 0.15) is 5.69 Å². The van der Waals surface area contributed by atoms with Crippen LogP contribution in [0.2, 0.25) is 5.15 Å². The van der Waals surface area contributed by atoms with Crippen LogP contribution in [-0.2, 0) is 6.18 Å². The van der Waals surface area contributed by atoms with Crippen LogP contribution in [-0.4, -0.2) is 23.0 Å². The summed E-state index contributed by atoms with van der Waals surface area (Å²) >= 11 is 5.21. The van der Waals surface area contributed by atoms with Crippen molar-refractivity contribution < 1.29 is 26.7 Å². The molecule has 0 saturated carbocycles. The Morgan fingerprint density at radius 2 is 2.00 bits per heavy atom. The van der Waals surface area contributed by atoms with Gasteiger partial charge in [0.15, 0.2) is 6.61 Å². The topological polar surface area (TPSA) is 35.0 Å². The Balaban J connectivity index is 2.99. The van der Waals surface area contributed by atoms with Gasteiger partial charge in [-0.1, -0.05) is 11.6 Å². The summed E-state index contributed by atoms with van der Waals surface area (Å²) in [5.74, 6) is -1.02. The van der Waals surface area contributed by atoms with Crippen molar-refractivity contribution in [3.05, 3.63) is 17.0 Å². The fraction of sp³-hybridized carbons (Fsp3) is 0.429. The molecule has 0 spiro atoms. The minimum absolute atomic E-state index is 0.503. The molecule has 0 atom stereocenters. The maximum Gasteiger partial charge on any atom is 0.438 e. The molecule has 0 aromatic carbocycles. The van der Waals surface area contributed by atoms with E-state index in [1.54, 1.807) is 0 Å². The zero-order valence-corrected chi connectivity index (χ0v) is 8.19. The van der Waals surface area contributed by atoms with E-state index in [1.165, 1.54) is 0 Å². The third-order valence-corrected chi connectivity index (χ3v) is 1.51. The lowest BCUT2D eigenvalue weighted by Crippen LogP contribution is -2.15. The average molecular weight is 263 g/mol. The highest BCUT2D eigenvalue weighted by Crippen LogP contribution is 2.34. The molecule has 0 aliphatic rings. The Hall–Kier alpha value is -1.18. The first-order valence-corrected chi connectivity index (χ1v) is 4.19. The van der Waals surface area contributed by atoms with E-state index >= 15 is 0 Å². The van der Waals surface area contributed by atoms with E-state index < -0.39 is 35.9 Å². The first kappa shape index (κ1) is 12.9. The first-order chi connectivity index (χ1) is 7.30. The SMILES string of the molecule is FC(F)COc1ncc(Cl)nc1C(F)(F)F. The van der Waals surface area contributed by atoms with Crippen molar-refractivity contribution >= 4 is 11.6 Å². The predicted molar refractivity (Wildman–Crippen MR) is 43.5 cm³/mol. The number of halogens is 6. The number of aromatic nitrogens is 2. The van der Waals surface area contributed by atoms with E-state index in [0.717, 1.165) is 6.20 Å². The Morgan fingerprint density at radius 3 is 2.50 bits per heavy atom. The van der Waals surface area contributed by atoms with Crippen molar-refractivity contribution in [2.75, 3.05) is 6.61 Å². The van der Waals surface area contributed by atoms with Crippen molar-refractivity contribution in [2.24, 2.45) is 0 Å². The van der Waals surface area contributed by atoms with Crippen LogP contribution < -0.4 is 4.74 Å². The third kappa shape index (κ3) is 3.44. The van der Waals surface area contributed by atoms with Crippen LogP contribution in [0.5, 0.6) is 5.88 Å². The summed E-state index contributed by atoms with van der Waals surface area (Å²) in [5.41, 5.74) is -1.53. The van der Waals surface area contributed by atoms with Gasteiger partial charge in [-0.2, -0.15) is 13.2 Å². The van der Waals surface area contributed by atoms with Crippen molar-refractivity contribution in [3.63, 3.8) is 0 Å². The van der Waals surface area contributed by atoms with Crippen LogP contribution in [0, 0.1) is 0 Å². The summed E-state index contributed by atoms with van der Waals surface area (Å²) in [7, 11) is 0. The van der Waals surface area contributed by atoms with Gasteiger partial charge in [0, 0.05) is 0 Å². The predicted octanol–water partition coefficient (Wildman–Crippen LogP) is 2.79. The van der Waals surface area contributed by atoms with E-state index in [9.17, 15) is 22.0 Å². The minimum Gasteiger partial charge on any atom is -0.470 e. The van der Waals surface area contributed by atoms with E-state index in [1.807, 2.05) is 0 Å². The molecule has 1 aromatic rings. The van der Waals surface area contributed by atoms with Crippen molar-refractivity contribution in [3.8, 4) is 5.88 Å². The summed E-state index contributed by atoms with van der Waals surface area (Å²) in [6.45, 7) is -1.20. The standard InChI is InChI=1S/C7H4ClF5N2O/c8-3-1-14-6(16-2-4(9)10)5(15-3)7(11,12)13/h1,4H,2H2. The monoisotopic (exact) mass is 262 g/mol. The van der Waals surface area contributed by atoms with Gasteiger partial charge < -0.3 is 4.74 Å². The van der Waals surface area contributed by atoms with Gasteiger partial charge in [-0.05, 0) is 0 Å². The number of hydrogen-bond acceptors (Lipinski definition) is 3. The molecule has 0 bridgehead atoms. The fourth-order valence-corrected chi connectivity index (χ4v) is 0.922. The largest absolute Gasteiger partial charge is 0.470 e. The second-order valence-corrected chi connectivity index (χ2v) is 2.93. The molecule has 0 N–H and O–H groups in total. The molecule has 90 valence electrons. The van der Waals surface area contributed by atoms with E-state index in [4.69, 9.17) is 11.6 Å². The quantitative estimate of drug-likeness (QED) is 0.786. The lowest BCUT2D eigenvalue weighted by Gasteiger charge is -2.11. The summed E-state index contributed by atoms with van der Waals surface area (Å²) in [6, 6.07) is 0. The first-order valence-electron chi connectivity index (χ1n) is 3.81. The Morgan fingerprint density at radius 1 is 1.38 bits per heavy atom.